The van der Waals surface area contributed by atoms with E-state index in [2.05, 4.69) is 10.3 Å². The first-order valence-corrected chi connectivity index (χ1v) is 13.6. The van der Waals surface area contributed by atoms with Crippen molar-refractivity contribution in [3.8, 4) is 11.1 Å². The van der Waals surface area contributed by atoms with E-state index in [0.717, 1.165) is 34.0 Å². The Bertz CT molecular complexity index is 1770. The summed E-state index contributed by atoms with van der Waals surface area (Å²) in [5.74, 6) is -1.97. The third-order valence-corrected chi connectivity index (χ3v) is 8.12. The molecule has 4 aromatic carbocycles. The van der Waals surface area contributed by atoms with Gasteiger partial charge >= 0.3 is 5.97 Å². The molecule has 40 heavy (non-hydrogen) atoms. The highest BCUT2D eigenvalue weighted by Crippen LogP contribution is 2.32. The van der Waals surface area contributed by atoms with E-state index < -0.39 is 28.1 Å². The van der Waals surface area contributed by atoms with Crippen LogP contribution in [0, 0.1) is 10.1 Å². The molecule has 0 saturated heterocycles. The highest BCUT2D eigenvalue weighted by atomic mass is 32.2. The minimum absolute atomic E-state index is 0.0193. The lowest BCUT2D eigenvalue weighted by Gasteiger charge is -2.08. The molecular formula is C29H19N3O6S2. The van der Waals surface area contributed by atoms with Crippen molar-refractivity contribution in [2.75, 3.05) is 11.1 Å². The lowest BCUT2D eigenvalue weighted by molar-refractivity contribution is -0.384. The Balaban J connectivity index is 1.25. The van der Waals surface area contributed by atoms with E-state index in [-0.39, 0.29) is 17.1 Å². The predicted molar refractivity (Wildman–Crippen MR) is 155 cm³/mol. The number of amides is 1. The van der Waals surface area contributed by atoms with Crippen molar-refractivity contribution in [1.82, 2.24) is 4.98 Å². The number of carboxylic acid groups (broad SMARTS) is 1. The van der Waals surface area contributed by atoms with Crippen LogP contribution in [0.25, 0.3) is 21.3 Å². The van der Waals surface area contributed by atoms with Crippen LogP contribution in [0.15, 0.2) is 95.3 Å². The van der Waals surface area contributed by atoms with Gasteiger partial charge in [0.2, 0.25) is 0 Å². The highest BCUT2D eigenvalue weighted by Gasteiger charge is 2.21. The van der Waals surface area contributed by atoms with E-state index in [1.165, 1.54) is 23.1 Å². The van der Waals surface area contributed by atoms with Gasteiger partial charge in [-0.15, -0.1) is 11.3 Å². The molecule has 1 aromatic heterocycles. The van der Waals surface area contributed by atoms with E-state index in [1.54, 1.807) is 18.2 Å². The summed E-state index contributed by atoms with van der Waals surface area (Å²) in [6.45, 7) is 0. The largest absolute Gasteiger partial charge is 0.478 e. The monoisotopic (exact) mass is 569 g/mol. The number of benzene rings is 4. The number of ketones is 1. The number of nitrogens with one attached hydrogen (secondary N) is 1. The maximum Gasteiger partial charge on any atom is 0.336 e. The first-order chi connectivity index (χ1) is 19.3. The minimum atomic E-state index is -1.45. The molecule has 0 saturated carbocycles. The molecule has 11 heteroatoms. The molecule has 198 valence electrons. The number of anilines is 1. The fraction of sp³-hybridized carbons (Fsp3) is 0.0345. The smallest absolute Gasteiger partial charge is 0.336 e. The quantitative estimate of drug-likeness (QED) is 0.0855. The average molecular weight is 570 g/mol. The summed E-state index contributed by atoms with van der Waals surface area (Å²) in [4.78, 5) is 51.9. The second-order valence-corrected chi connectivity index (χ2v) is 10.8. The van der Waals surface area contributed by atoms with Gasteiger partial charge < -0.3 is 10.4 Å². The maximum atomic E-state index is 12.8. The summed E-state index contributed by atoms with van der Waals surface area (Å²) >= 11 is 2.69. The number of aromatic nitrogens is 1. The molecule has 0 unspecified atom stereocenters. The second kappa shape index (κ2) is 11.5. The number of hydrogen-bond donors (Lipinski definition) is 2. The van der Waals surface area contributed by atoms with E-state index in [4.69, 9.17) is 0 Å². The zero-order chi connectivity index (χ0) is 28.2. The van der Waals surface area contributed by atoms with Gasteiger partial charge in [0.15, 0.2) is 10.1 Å². The molecule has 0 atom stereocenters. The molecule has 2 N–H and O–H groups in total. The standard InChI is InChI=1S/C29H19N3O6S2/c33-25(19-8-6-18(7-9-19)17-4-2-1-3-5-17)16-39-29-31-24-13-10-20(14-26(24)40-29)30-27(34)22-12-11-21(32(37)38)15-23(22)28(35)36/h1-15H,16H2,(H,30,34)(H,35,36). The Morgan fingerprint density at radius 3 is 2.33 bits per heavy atom. The number of thioether (sulfide) groups is 1. The molecule has 1 amide bonds. The molecule has 0 aliphatic rings. The van der Waals surface area contributed by atoms with Gasteiger partial charge in [-0.3, -0.25) is 19.7 Å². The van der Waals surface area contributed by atoms with Crippen molar-refractivity contribution in [3.63, 3.8) is 0 Å². The van der Waals surface area contributed by atoms with Gasteiger partial charge in [-0.05, 0) is 35.4 Å². The van der Waals surface area contributed by atoms with Crippen LogP contribution in [0.2, 0.25) is 0 Å². The first-order valence-electron chi connectivity index (χ1n) is 11.8. The van der Waals surface area contributed by atoms with Gasteiger partial charge in [-0.25, -0.2) is 9.78 Å². The molecule has 0 aliphatic heterocycles. The van der Waals surface area contributed by atoms with Gasteiger partial charge in [0.05, 0.1) is 32.0 Å². The Kier molecular flexibility index (Phi) is 7.67. The molecule has 0 aliphatic carbocycles. The zero-order valence-corrected chi connectivity index (χ0v) is 22.2. The van der Waals surface area contributed by atoms with Crippen LogP contribution < -0.4 is 5.32 Å². The van der Waals surface area contributed by atoms with Crippen LogP contribution in [-0.4, -0.2) is 38.4 Å². The van der Waals surface area contributed by atoms with Gasteiger partial charge in [-0.1, -0.05) is 66.4 Å². The van der Waals surface area contributed by atoms with E-state index in [9.17, 15) is 29.6 Å². The molecule has 0 bridgehead atoms. The van der Waals surface area contributed by atoms with Gasteiger partial charge in [0, 0.05) is 23.4 Å². The minimum Gasteiger partial charge on any atom is -0.478 e. The van der Waals surface area contributed by atoms with Gasteiger partial charge in [0.25, 0.3) is 11.6 Å². The summed E-state index contributed by atoms with van der Waals surface area (Å²) in [5, 5.41) is 23.0. The lowest BCUT2D eigenvalue weighted by Crippen LogP contribution is -2.16. The van der Waals surface area contributed by atoms with E-state index >= 15 is 0 Å². The third kappa shape index (κ3) is 5.90. The summed E-state index contributed by atoms with van der Waals surface area (Å²) in [6.07, 6.45) is 0. The Hall–Kier alpha value is -4.87. The number of Topliss-reactive ketones (excluding diaryl/α,β-unsaturated/α-hetero) is 1. The number of fused-ring (bicyclic) bond motifs is 1. The number of carbonyl (C=O) groups excluding carboxylic acids is 2. The van der Waals surface area contributed by atoms with Crippen LogP contribution >= 0.6 is 23.1 Å². The number of carboxylic acids is 1. The van der Waals surface area contributed by atoms with Crippen molar-refractivity contribution in [2.24, 2.45) is 0 Å². The zero-order valence-electron chi connectivity index (χ0n) is 20.6. The summed E-state index contributed by atoms with van der Waals surface area (Å²) in [6, 6.07) is 25.5. The van der Waals surface area contributed by atoms with Crippen LogP contribution in [-0.2, 0) is 0 Å². The number of aromatic carboxylic acids is 1. The number of nitro groups is 1. The van der Waals surface area contributed by atoms with E-state index in [1.807, 2.05) is 54.6 Å². The Labute approximate surface area is 235 Å². The van der Waals surface area contributed by atoms with Gasteiger partial charge in [0.1, 0.15) is 0 Å². The number of rotatable bonds is 9. The van der Waals surface area contributed by atoms with Crippen LogP contribution in [0.4, 0.5) is 11.4 Å². The number of carbonyl (C=O) groups is 3. The van der Waals surface area contributed by atoms with Crippen LogP contribution in [0.1, 0.15) is 31.1 Å². The van der Waals surface area contributed by atoms with Crippen molar-refractivity contribution >= 4 is 62.3 Å². The Morgan fingerprint density at radius 1 is 0.900 bits per heavy atom. The molecule has 5 rings (SSSR count). The molecule has 1 heterocycles. The molecule has 0 radical (unpaired) electrons. The summed E-state index contributed by atoms with van der Waals surface area (Å²) in [7, 11) is 0. The predicted octanol–water partition coefficient (Wildman–Crippen LogP) is 6.80. The summed E-state index contributed by atoms with van der Waals surface area (Å²) < 4.78 is 1.46. The summed E-state index contributed by atoms with van der Waals surface area (Å²) in [5.41, 5.74) is 2.73. The molecular weight excluding hydrogens is 550 g/mol. The normalized spacial score (nSPS) is 10.8. The van der Waals surface area contributed by atoms with Crippen LogP contribution in [0.5, 0.6) is 0 Å². The third-order valence-electron chi connectivity index (χ3n) is 5.96. The van der Waals surface area contributed by atoms with E-state index in [0.29, 0.717) is 21.1 Å². The average Bonchev–Trinajstić information content (AvgIpc) is 3.38. The topological polar surface area (TPSA) is 140 Å². The molecule has 0 spiro atoms. The van der Waals surface area contributed by atoms with Crippen molar-refractivity contribution < 1.29 is 24.4 Å². The maximum absolute atomic E-state index is 12.8. The molecule has 5 aromatic rings. The van der Waals surface area contributed by atoms with Crippen molar-refractivity contribution in [3.05, 3.63) is 118 Å². The van der Waals surface area contributed by atoms with Crippen LogP contribution in [0.3, 0.4) is 0 Å². The SMILES string of the molecule is O=C(CSc1nc2ccc(NC(=O)c3ccc([N+](=O)[O-])cc3C(=O)O)cc2s1)c1ccc(-c2ccccc2)cc1. The second-order valence-electron chi connectivity index (χ2n) is 8.56. The van der Waals surface area contributed by atoms with Crippen molar-refractivity contribution in [1.29, 1.82) is 0 Å². The molecule has 0 fully saturated rings. The van der Waals surface area contributed by atoms with Crippen molar-refractivity contribution in [2.45, 2.75) is 4.34 Å². The Morgan fingerprint density at radius 2 is 1.62 bits per heavy atom. The number of nitrogens with zero attached hydrogens (tertiary/aromatic N) is 2. The number of hydrogen-bond acceptors (Lipinski definition) is 8. The highest BCUT2D eigenvalue weighted by molar-refractivity contribution is 8.01. The van der Waals surface area contributed by atoms with Gasteiger partial charge in [-0.2, -0.15) is 0 Å². The first kappa shape index (κ1) is 26.7. The number of nitro benzene ring substituents is 1. The molecule has 9 nitrogen and oxygen atoms in total. The lowest BCUT2D eigenvalue weighted by atomic mass is 10.0. The fourth-order valence-corrected chi connectivity index (χ4v) is 5.95. The fourth-order valence-electron chi connectivity index (χ4n) is 3.95. The number of non-ortho nitro benzene ring substituents is 1. The number of thiazole rings is 1.